The molecule has 0 bridgehead atoms. The topological polar surface area (TPSA) is 72.8 Å². The lowest BCUT2D eigenvalue weighted by Gasteiger charge is -2.27. The summed E-state index contributed by atoms with van der Waals surface area (Å²) >= 11 is 0. The Morgan fingerprint density at radius 2 is 1.67 bits per heavy atom. The molecule has 0 aliphatic rings. The van der Waals surface area contributed by atoms with E-state index in [1.165, 1.54) is 20.8 Å². The van der Waals surface area contributed by atoms with Crippen LogP contribution in [0.25, 0.3) is 0 Å². The maximum Gasteiger partial charge on any atom is 0.303 e. The Bertz CT molecular complexity index is 224. The first-order valence-electron chi connectivity index (χ1n) is 4.91. The van der Waals surface area contributed by atoms with Gasteiger partial charge < -0.3 is 14.6 Å². The zero-order chi connectivity index (χ0) is 12.0. The van der Waals surface area contributed by atoms with Crippen LogP contribution in [-0.2, 0) is 19.1 Å². The summed E-state index contributed by atoms with van der Waals surface area (Å²) in [6, 6.07) is 0. The van der Waals surface area contributed by atoms with Crippen molar-refractivity contribution in [2.24, 2.45) is 0 Å². The smallest absolute Gasteiger partial charge is 0.303 e. The lowest BCUT2D eigenvalue weighted by molar-refractivity contribution is -0.173. The average Bonchev–Trinajstić information content (AvgIpc) is 2.09. The molecule has 0 aliphatic carbocycles. The summed E-state index contributed by atoms with van der Waals surface area (Å²) in [6.07, 6.45) is -1.82. The second-order valence-corrected chi connectivity index (χ2v) is 3.37. The fourth-order valence-corrected chi connectivity index (χ4v) is 1.27. The largest absolute Gasteiger partial charge is 0.459 e. The number of aliphatic hydroxyl groups is 1. The van der Waals surface area contributed by atoms with Gasteiger partial charge in [0.05, 0.1) is 6.10 Å². The maximum atomic E-state index is 10.8. The molecule has 0 amide bonds. The van der Waals surface area contributed by atoms with Crippen molar-refractivity contribution >= 4 is 11.9 Å². The van der Waals surface area contributed by atoms with E-state index in [9.17, 15) is 14.7 Å². The van der Waals surface area contributed by atoms with Gasteiger partial charge in [0.1, 0.15) is 6.10 Å². The first-order chi connectivity index (χ1) is 6.88. The number of aliphatic hydroxyl groups excluding tert-OH is 1. The Morgan fingerprint density at radius 3 is 1.93 bits per heavy atom. The third-order valence-corrected chi connectivity index (χ3v) is 1.86. The van der Waals surface area contributed by atoms with E-state index >= 15 is 0 Å². The molecule has 15 heavy (non-hydrogen) atoms. The minimum Gasteiger partial charge on any atom is -0.459 e. The van der Waals surface area contributed by atoms with Gasteiger partial charge in [-0.1, -0.05) is 6.92 Å². The van der Waals surface area contributed by atoms with Gasteiger partial charge in [-0.25, -0.2) is 0 Å². The normalized spacial score (nSPS) is 16.3. The number of hydrogen-bond acceptors (Lipinski definition) is 5. The van der Waals surface area contributed by atoms with Crippen LogP contribution >= 0.6 is 0 Å². The third-order valence-electron chi connectivity index (χ3n) is 1.86. The minimum atomic E-state index is -0.877. The first kappa shape index (κ1) is 13.9. The molecule has 3 unspecified atom stereocenters. The summed E-state index contributed by atoms with van der Waals surface area (Å²) in [5.41, 5.74) is 0. The monoisotopic (exact) mass is 218 g/mol. The quantitative estimate of drug-likeness (QED) is 0.685. The van der Waals surface area contributed by atoms with Crippen LogP contribution in [0.5, 0.6) is 0 Å². The van der Waals surface area contributed by atoms with Crippen LogP contribution < -0.4 is 0 Å². The van der Waals surface area contributed by atoms with E-state index in [0.29, 0.717) is 6.42 Å². The van der Waals surface area contributed by atoms with Gasteiger partial charge in [0, 0.05) is 13.8 Å². The average molecular weight is 218 g/mol. The molecule has 0 aromatic rings. The van der Waals surface area contributed by atoms with Crippen molar-refractivity contribution in [2.45, 2.75) is 52.4 Å². The Morgan fingerprint density at radius 1 is 1.20 bits per heavy atom. The van der Waals surface area contributed by atoms with E-state index in [4.69, 9.17) is 9.47 Å². The molecule has 0 rings (SSSR count). The molecule has 88 valence electrons. The summed E-state index contributed by atoms with van der Waals surface area (Å²) < 4.78 is 9.85. The number of hydrogen-bond donors (Lipinski definition) is 1. The van der Waals surface area contributed by atoms with E-state index in [0.717, 1.165) is 0 Å². The predicted molar refractivity (Wildman–Crippen MR) is 53.1 cm³/mol. The van der Waals surface area contributed by atoms with Gasteiger partial charge in [0.25, 0.3) is 0 Å². The number of carbonyl (C=O) groups excluding carboxylic acids is 2. The molecule has 5 heteroatoms. The SMILES string of the molecule is CCC(OC(C)=O)C(OC(C)=O)C(C)O. The number of rotatable bonds is 5. The number of ether oxygens (including phenoxy) is 2. The highest BCUT2D eigenvalue weighted by molar-refractivity contribution is 5.67. The Kier molecular flexibility index (Phi) is 5.93. The Balaban J connectivity index is 4.54. The second kappa shape index (κ2) is 6.40. The summed E-state index contributed by atoms with van der Waals surface area (Å²) in [4.78, 5) is 21.6. The molecular weight excluding hydrogens is 200 g/mol. The van der Waals surface area contributed by atoms with Gasteiger partial charge in [-0.15, -0.1) is 0 Å². The van der Waals surface area contributed by atoms with Crippen LogP contribution in [0.15, 0.2) is 0 Å². The molecule has 0 aromatic carbocycles. The predicted octanol–water partition coefficient (Wildman–Crippen LogP) is 0.641. The zero-order valence-electron chi connectivity index (χ0n) is 9.52. The van der Waals surface area contributed by atoms with Crippen LogP contribution in [0.1, 0.15) is 34.1 Å². The Labute approximate surface area is 89.4 Å². The van der Waals surface area contributed by atoms with Crippen molar-refractivity contribution in [1.82, 2.24) is 0 Å². The molecule has 3 atom stereocenters. The summed E-state index contributed by atoms with van der Waals surface area (Å²) in [7, 11) is 0. The molecular formula is C10H18O5. The van der Waals surface area contributed by atoms with E-state index in [-0.39, 0.29) is 0 Å². The molecule has 0 aromatic heterocycles. The van der Waals surface area contributed by atoms with E-state index < -0.39 is 30.3 Å². The third kappa shape index (κ3) is 5.37. The number of carbonyl (C=O) groups is 2. The molecule has 0 saturated heterocycles. The van der Waals surface area contributed by atoms with Gasteiger partial charge in [-0.3, -0.25) is 9.59 Å². The lowest BCUT2D eigenvalue weighted by Crippen LogP contribution is -2.41. The van der Waals surface area contributed by atoms with Crippen molar-refractivity contribution in [3.8, 4) is 0 Å². The lowest BCUT2D eigenvalue weighted by atomic mass is 10.1. The van der Waals surface area contributed by atoms with E-state index in [1.54, 1.807) is 6.92 Å². The van der Waals surface area contributed by atoms with Gasteiger partial charge in [0.2, 0.25) is 0 Å². The van der Waals surface area contributed by atoms with Crippen molar-refractivity contribution in [3.63, 3.8) is 0 Å². The first-order valence-corrected chi connectivity index (χ1v) is 4.91. The fraction of sp³-hybridized carbons (Fsp3) is 0.800. The van der Waals surface area contributed by atoms with Crippen molar-refractivity contribution in [1.29, 1.82) is 0 Å². The zero-order valence-corrected chi connectivity index (χ0v) is 9.52. The van der Waals surface area contributed by atoms with Crippen LogP contribution in [-0.4, -0.2) is 35.4 Å². The van der Waals surface area contributed by atoms with Crippen LogP contribution in [0.3, 0.4) is 0 Å². The second-order valence-electron chi connectivity index (χ2n) is 3.37. The summed E-state index contributed by atoms with van der Waals surface area (Å²) in [5, 5.41) is 9.41. The highest BCUT2D eigenvalue weighted by Gasteiger charge is 2.29. The van der Waals surface area contributed by atoms with Crippen molar-refractivity contribution < 1.29 is 24.2 Å². The van der Waals surface area contributed by atoms with Gasteiger partial charge in [-0.05, 0) is 13.3 Å². The highest BCUT2D eigenvalue weighted by atomic mass is 16.6. The summed E-state index contributed by atoms with van der Waals surface area (Å²) in [5.74, 6) is -0.967. The standard InChI is InChI=1S/C10H18O5/c1-5-9(14-7(3)12)10(6(2)11)15-8(4)13/h6,9-11H,5H2,1-4H3. The van der Waals surface area contributed by atoms with Gasteiger partial charge in [-0.2, -0.15) is 0 Å². The van der Waals surface area contributed by atoms with Gasteiger partial charge >= 0.3 is 11.9 Å². The number of esters is 2. The van der Waals surface area contributed by atoms with Crippen LogP contribution in [0.2, 0.25) is 0 Å². The summed E-state index contributed by atoms with van der Waals surface area (Å²) in [6.45, 7) is 5.79. The molecule has 0 saturated carbocycles. The molecule has 0 spiro atoms. The van der Waals surface area contributed by atoms with Crippen LogP contribution in [0, 0.1) is 0 Å². The molecule has 0 heterocycles. The molecule has 5 nitrogen and oxygen atoms in total. The van der Waals surface area contributed by atoms with E-state index in [1.807, 2.05) is 0 Å². The molecule has 0 aliphatic heterocycles. The maximum absolute atomic E-state index is 10.8. The van der Waals surface area contributed by atoms with Crippen molar-refractivity contribution in [2.75, 3.05) is 0 Å². The fourth-order valence-electron chi connectivity index (χ4n) is 1.27. The molecule has 0 fully saturated rings. The highest BCUT2D eigenvalue weighted by Crippen LogP contribution is 2.13. The molecule has 1 N–H and O–H groups in total. The van der Waals surface area contributed by atoms with Gasteiger partial charge in [0.15, 0.2) is 6.10 Å². The van der Waals surface area contributed by atoms with Crippen molar-refractivity contribution in [3.05, 3.63) is 0 Å². The van der Waals surface area contributed by atoms with Crippen LogP contribution in [0.4, 0.5) is 0 Å². The molecule has 0 radical (unpaired) electrons. The minimum absolute atomic E-state index is 0.459. The van der Waals surface area contributed by atoms with E-state index in [2.05, 4.69) is 0 Å². The Hall–Kier alpha value is -1.10.